The molecule has 3 rings (SSSR count). The number of imide groups is 1. The Bertz CT molecular complexity index is 887. The molecule has 0 radical (unpaired) electrons. The summed E-state index contributed by atoms with van der Waals surface area (Å²) in [5.74, 6) is -0.324. The minimum Gasteiger partial charge on any atom is -0.378 e. The standard InChI is InChI=1S/C20H17ClN2O2S/c1-22(2)16-10-6-14(7-11-16)4-3-5-18-19(24)23(20(25)26-18)17-12-8-15(21)9-13-17/h3-13H,1-2H3/b4-3+,18-5+. The van der Waals surface area contributed by atoms with Gasteiger partial charge in [-0.25, -0.2) is 4.90 Å². The number of rotatable bonds is 4. The van der Waals surface area contributed by atoms with Crippen LogP contribution in [0.2, 0.25) is 5.02 Å². The first-order valence-corrected chi connectivity index (χ1v) is 9.13. The van der Waals surface area contributed by atoms with E-state index in [0.717, 1.165) is 27.9 Å². The number of nitrogens with zero attached hydrogens (tertiary/aromatic N) is 2. The normalized spacial score (nSPS) is 16.1. The van der Waals surface area contributed by atoms with Crippen molar-refractivity contribution in [2.45, 2.75) is 0 Å². The first-order chi connectivity index (χ1) is 12.5. The molecule has 1 aliphatic heterocycles. The third-order valence-corrected chi connectivity index (χ3v) is 4.96. The summed E-state index contributed by atoms with van der Waals surface area (Å²) in [5.41, 5.74) is 2.65. The predicted molar refractivity (Wildman–Crippen MR) is 110 cm³/mol. The van der Waals surface area contributed by atoms with Crippen LogP contribution >= 0.6 is 23.4 Å². The fraction of sp³-hybridized carbons (Fsp3) is 0.100. The Balaban J connectivity index is 1.74. The number of carbonyl (C=O) groups excluding carboxylic acids is 2. The molecule has 0 spiro atoms. The lowest BCUT2D eigenvalue weighted by atomic mass is 10.2. The molecule has 2 amide bonds. The topological polar surface area (TPSA) is 40.6 Å². The molecule has 1 saturated heterocycles. The Labute approximate surface area is 161 Å². The minimum atomic E-state index is -0.324. The summed E-state index contributed by atoms with van der Waals surface area (Å²) in [4.78, 5) is 28.3. The fourth-order valence-electron chi connectivity index (χ4n) is 2.42. The van der Waals surface area contributed by atoms with Gasteiger partial charge in [0.25, 0.3) is 11.1 Å². The lowest BCUT2D eigenvalue weighted by molar-refractivity contribution is -0.113. The van der Waals surface area contributed by atoms with Crippen molar-refractivity contribution in [3.63, 3.8) is 0 Å². The predicted octanol–water partition coefficient (Wildman–Crippen LogP) is 5.20. The maximum atomic E-state index is 12.5. The molecule has 0 saturated carbocycles. The van der Waals surface area contributed by atoms with Gasteiger partial charge in [0.05, 0.1) is 10.6 Å². The number of allylic oxidation sites excluding steroid dienone is 2. The second-order valence-electron chi connectivity index (χ2n) is 5.86. The molecule has 0 aliphatic carbocycles. The van der Waals surface area contributed by atoms with Gasteiger partial charge in [-0.2, -0.15) is 0 Å². The summed E-state index contributed by atoms with van der Waals surface area (Å²) in [5, 5.41) is 0.242. The number of hydrogen-bond donors (Lipinski definition) is 0. The Hall–Kier alpha value is -2.50. The monoisotopic (exact) mass is 384 g/mol. The van der Waals surface area contributed by atoms with Gasteiger partial charge in [-0.3, -0.25) is 9.59 Å². The third-order valence-electron chi connectivity index (χ3n) is 3.82. The van der Waals surface area contributed by atoms with E-state index in [4.69, 9.17) is 11.6 Å². The highest BCUT2D eigenvalue weighted by Crippen LogP contribution is 2.34. The summed E-state index contributed by atoms with van der Waals surface area (Å²) in [7, 11) is 3.98. The molecule has 0 atom stereocenters. The van der Waals surface area contributed by atoms with Gasteiger partial charge in [0.1, 0.15) is 0 Å². The van der Waals surface area contributed by atoms with Crippen LogP contribution in [-0.4, -0.2) is 25.2 Å². The zero-order valence-electron chi connectivity index (χ0n) is 14.3. The zero-order chi connectivity index (χ0) is 18.7. The lowest BCUT2D eigenvalue weighted by Gasteiger charge is -2.12. The van der Waals surface area contributed by atoms with E-state index in [1.807, 2.05) is 49.3 Å². The number of anilines is 2. The van der Waals surface area contributed by atoms with Gasteiger partial charge in [-0.15, -0.1) is 0 Å². The lowest BCUT2D eigenvalue weighted by Crippen LogP contribution is -2.27. The molecule has 132 valence electrons. The molecule has 0 N–H and O–H groups in total. The number of amides is 2. The minimum absolute atomic E-state index is 0.313. The number of halogens is 1. The second kappa shape index (κ2) is 7.81. The van der Waals surface area contributed by atoms with Gasteiger partial charge in [0, 0.05) is 24.8 Å². The SMILES string of the molecule is CN(C)c1ccc(/C=C/C=C2/SC(=O)N(c3ccc(Cl)cc3)C2=O)cc1. The number of thioether (sulfide) groups is 1. The molecule has 1 aliphatic rings. The van der Waals surface area contributed by atoms with Gasteiger partial charge in [0.2, 0.25) is 0 Å². The highest BCUT2D eigenvalue weighted by molar-refractivity contribution is 8.18. The second-order valence-corrected chi connectivity index (χ2v) is 7.29. The largest absolute Gasteiger partial charge is 0.378 e. The first-order valence-electron chi connectivity index (χ1n) is 7.93. The summed E-state index contributed by atoms with van der Waals surface area (Å²) in [6.07, 6.45) is 5.35. The summed E-state index contributed by atoms with van der Waals surface area (Å²) < 4.78 is 0. The molecule has 4 nitrogen and oxygen atoms in total. The van der Waals surface area contributed by atoms with Crippen molar-refractivity contribution >= 4 is 52.0 Å². The molecule has 1 fully saturated rings. The van der Waals surface area contributed by atoms with Crippen LogP contribution in [-0.2, 0) is 4.79 Å². The van der Waals surface area contributed by atoms with Crippen LogP contribution < -0.4 is 9.80 Å². The van der Waals surface area contributed by atoms with Crippen molar-refractivity contribution in [1.82, 2.24) is 0 Å². The maximum Gasteiger partial charge on any atom is 0.298 e. The van der Waals surface area contributed by atoms with Crippen LogP contribution in [0.5, 0.6) is 0 Å². The van der Waals surface area contributed by atoms with Crippen LogP contribution in [0, 0.1) is 0 Å². The summed E-state index contributed by atoms with van der Waals surface area (Å²) in [6, 6.07) is 14.7. The van der Waals surface area contributed by atoms with Crippen molar-refractivity contribution in [3.05, 3.63) is 76.2 Å². The Morgan fingerprint density at radius 1 is 1.00 bits per heavy atom. The van der Waals surface area contributed by atoms with Crippen LogP contribution in [0.15, 0.2) is 65.6 Å². The molecule has 2 aromatic rings. The summed E-state index contributed by atoms with van der Waals surface area (Å²) in [6.45, 7) is 0. The molecule has 2 aromatic carbocycles. The third kappa shape index (κ3) is 4.00. The van der Waals surface area contributed by atoms with E-state index in [1.54, 1.807) is 36.4 Å². The Morgan fingerprint density at radius 3 is 2.27 bits per heavy atom. The van der Waals surface area contributed by atoms with Gasteiger partial charge in [-0.05, 0) is 59.8 Å². The number of benzene rings is 2. The highest BCUT2D eigenvalue weighted by Gasteiger charge is 2.35. The van der Waals surface area contributed by atoms with Crippen molar-refractivity contribution in [3.8, 4) is 0 Å². The maximum absolute atomic E-state index is 12.5. The average Bonchev–Trinajstić information content (AvgIpc) is 2.90. The zero-order valence-corrected chi connectivity index (χ0v) is 15.9. The van der Waals surface area contributed by atoms with E-state index in [9.17, 15) is 9.59 Å². The van der Waals surface area contributed by atoms with Crippen LogP contribution in [0.4, 0.5) is 16.2 Å². The molecule has 26 heavy (non-hydrogen) atoms. The molecular weight excluding hydrogens is 368 g/mol. The Kier molecular flexibility index (Phi) is 5.49. The molecule has 0 bridgehead atoms. The van der Waals surface area contributed by atoms with E-state index < -0.39 is 0 Å². The van der Waals surface area contributed by atoms with Crippen molar-refractivity contribution in [2.24, 2.45) is 0 Å². The van der Waals surface area contributed by atoms with Crippen LogP contribution in [0.25, 0.3) is 6.08 Å². The van der Waals surface area contributed by atoms with E-state index in [-0.39, 0.29) is 11.1 Å². The quantitative estimate of drug-likeness (QED) is 0.679. The number of hydrogen-bond acceptors (Lipinski definition) is 4. The van der Waals surface area contributed by atoms with Crippen molar-refractivity contribution in [1.29, 1.82) is 0 Å². The van der Waals surface area contributed by atoms with Gasteiger partial charge < -0.3 is 4.90 Å². The smallest absolute Gasteiger partial charge is 0.298 e. The molecule has 0 aromatic heterocycles. The van der Waals surface area contributed by atoms with Crippen molar-refractivity contribution in [2.75, 3.05) is 23.9 Å². The summed E-state index contributed by atoms with van der Waals surface area (Å²) >= 11 is 6.79. The molecular formula is C20H17ClN2O2S. The fourth-order valence-corrected chi connectivity index (χ4v) is 3.34. The van der Waals surface area contributed by atoms with Gasteiger partial charge >= 0.3 is 0 Å². The van der Waals surface area contributed by atoms with E-state index in [2.05, 4.69) is 0 Å². The first kappa shape index (κ1) is 18.3. The van der Waals surface area contributed by atoms with E-state index in [0.29, 0.717) is 15.6 Å². The number of carbonyl (C=O) groups is 2. The van der Waals surface area contributed by atoms with Gasteiger partial charge in [0.15, 0.2) is 0 Å². The molecule has 0 unspecified atom stereocenters. The van der Waals surface area contributed by atoms with E-state index >= 15 is 0 Å². The van der Waals surface area contributed by atoms with Crippen LogP contribution in [0.3, 0.4) is 0 Å². The van der Waals surface area contributed by atoms with Gasteiger partial charge in [-0.1, -0.05) is 35.9 Å². The van der Waals surface area contributed by atoms with E-state index in [1.165, 1.54) is 0 Å². The Morgan fingerprint density at radius 2 is 1.65 bits per heavy atom. The average molecular weight is 385 g/mol. The molecule has 6 heteroatoms. The van der Waals surface area contributed by atoms with Crippen molar-refractivity contribution < 1.29 is 9.59 Å². The molecule has 1 heterocycles. The van der Waals surface area contributed by atoms with Crippen LogP contribution in [0.1, 0.15) is 5.56 Å². The highest BCUT2D eigenvalue weighted by atomic mass is 35.5.